The van der Waals surface area contributed by atoms with E-state index in [1.54, 1.807) is 6.08 Å². The van der Waals surface area contributed by atoms with Crippen LogP contribution in [0.5, 0.6) is 0 Å². The number of amides is 1. The second-order valence-corrected chi connectivity index (χ2v) is 21.5. The highest BCUT2D eigenvalue weighted by Crippen LogP contribution is 2.26. The summed E-state index contributed by atoms with van der Waals surface area (Å²) in [6, 6.07) is -1.05. The minimum atomic E-state index is -1.62. The number of esters is 1. The van der Waals surface area contributed by atoms with Crippen molar-refractivity contribution >= 4 is 11.9 Å². The summed E-state index contributed by atoms with van der Waals surface area (Å²) < 4.78 is 17.6. The van der Waals surface area contributed by atoms with Gasteiger partial charge < -0.3 is 45.1 Å². The number of hydrogen-bond acceptors (Lipinski definition) is 10. The zero-order chi connectivity index (χ0) is 55.4. The molecule has 0 aromatic rings. The highest BCUT2D eigenvalue weighted by Gasteiger charge is 2.47. The molecule has 1 saturated heterocycles. The van der Waals surface area contributed by atoms with Crippen LogP contribution in [0.3, 0.4) is 0 Å². The van der Waals surface area contributed by atoms with E-state index in [-0.39, 0.29) is 19.4 Å². The van der Waals surface area contributed by atoms with Crippen LogP contribution in [-0.4, -0.2) is 99.6 Å². The van der Waals surface area contributed by atoms with Gasteiger partial charge in [0.15, 0.2) is 12.4 Å². The molecule has 0 radical (unpaired) electrons. The number of carbonyl (C=O) groups excluding carboxylic acids is 2. The van der Waals surface area contributed by atoms with Gasteiger partial charge in [0.25, 0.3) is 0 Å². The number of hydrogen-bond donors (Lipinski definition) is 6. The molecule has 11 nitrogen and oxygen atoms in total. The fraction of sp³-hybridized carbons (Fsp3) is 0.785. The van der Waals surface area contributed by atoms with E-state index in [1.165, 1.54) is 154 Å². The van der Waals surface area contributed by atoms with Crippen LogP contribution < -0.4 is 5.32 Å². The van der Waals surface area contributed by atoms with Crippen molar-refractivity contribution in [1.29, 1.82) is 0 Å². The molecule has 11 heteroatoms. The number of aliphatic hydroxyl groups excluding tert-OH is 5. The van der Waals surface area contributed by atoms with Crippen LogP contribution in [0.15, 0.2) is 72.9 Å². The molecule has 0 aromatic carbocycles. The van der Waals surface area contributed by atoms with Crippen LogP contribution >= 0.6 is 0 Å². The molecule has 1 amide bonds. The molecule has 8 atom stereocenters. The number of unbranched alkanes of at least 4 members (excludes halogenated alkanes) is 32. The van der Waals surface area contributed by atoms with Crippen LogP contribution in [0.2, 0.25) is 0 Å². The lowest BCUT2D eigenvalue weighted by Crippen LogP contribution is -2.61. The first kappa shape index (κ1) is 71.1. The van der Waals surface area contributed by atoms with Gasteiger partial charge in [-0.2, -0.15) is 0 Å². The van der Waals surface area contributed by atoms with E-state index in [2.05, 4.69) is 32.2 Å². The minimum Gasteiger partial charge on any atom is -0.454 e. The summed E-state index contributed by atoms with van der Waals surface area (Å²) in [4.78, 5) is 26.5. The summed E-state index contributed by atoms with van der Waals surface area (Å²) in [7, 11) is 0. The van der Waals surface area contributed by atoms with E-state index in [9.17, 15) is 35.1 Å². The van der Waals surface area contributed by atoms with Gasteiger partial charge in [-0.3, -0.25) is 9.59 Å². The first-order valence-corrected chi connectivity index (χ1v) is 31.3. The molecule has 0 aliphatic carbocycles. The van der Waals surface area contributed by atoms with Crippen molar-refractivity contribution < 1.29 is 49.3 Å². The van der Waals surface area contributed by atoms with Crippen LogP contribution in [-0.2, 0) is 23.8 Å². The van der Waals surface area contributed by atoms with Gasteiger partial charge in [-0.1, -0.05) is 286 Å². The fourth-order valence-corrected chi connectivity index (χ4v) is 9.56. The zero-order valence-electron chi connectivity index (χ0n) is 48.6. The number of aliphatic hydroxyl groups is 5. The van der Waals surface area contributed by atoms with E-state index in [1.807, 2.05) is 60.8 Å². The molecule has 1 rings (SSSR count). The Kier molecular flexibility index (Phi) is 49.4. The van der Waals surface area contributed by atoms with Gasteiger partial charge >= 0.3 is 5.97 Å². The number of nitrogens with one attached hydrogen (secondary N) is 1. The molecule has 440 valence electrons. The van der Waals surface area contributed by atoms with Crippen molar-refractivity contribution in [3.63, 3.8) is 0 Å². The summed E-state index contributed by atoms with van der Waals surface area (Å²) in [6.45, 7) is 5.63. The number of carbonyl (C=O) groups is 2. The Labute approximate surface area is 464 Å². The van der Waals surface area contributed by atoms with Gasteiger partial charge in [0, 0.05) is 6.42 Å². The smallest absolute Gasteiger partial charge is 0.306 e. The van der Waals surface area contributed by atoms with E-state index >= 15 is 0 Å². The maximum Gasteiger partial charge on any atom is 0.306 e. The zero-order valence-corrected chi connectivity index (χ0v) is 48.6. The summed E-state index contributed by atoms with van der Waals surface area (Å²) in [6.07, 6.45) is 56.7. The molecule has 76 heavy (non-hydrogen) atoms. The molecule has 0 bridgehead atoms. The normalized spacial score (nSPS) is 19.6. The molecule has 0 spiro atoms. The predicted octanol–water partition coefficient (Wildman–Crippen LogP) is 14.8. The van der Waals surface area contributed by atoms with Gasteiger partial charge in [0.2, 0.25) is 5.91 Å². The van der Waals surface area contributed by atoms with Gasteiger partial charge in [0.05, 0.1) is 25.4 Å². The lowest BCUT2D eigenvalue weighted by atomic mass is 9.99. The summed E-state index contributed by atoms with van der Waals surface area (Å²) in [5, 5.41) is 56.9. The summed E-state index contributed by atoms with van der Waals surface area (Å²) in [5.41, 5.74) is 0. The average Bonchev–Trinajstić information content (AvgIpc) is 3.42. The molecule has 8 unspecified atom stereocenters. The quantitative estimate of drug-likeness (QED) is 0.0149. The van der Waals surface area contributed by atoms with Crippen LogP contribution in [0.25, 0.3) is 0 Å². The number of ether oxygens (including phenoxy) is 3. The molecule has 6 N–H and O–H groups in total. The van der Waals surface area contributed by atoms with Gasteiger partial charge in [-0.15, -0.1) is 0 Å². The standard InChI is InChI=1S/C65H115NO10/c1-4-7-10-13-16-19-22-25-27-28-29-30-31-32-33-35-38-41-44-47-50-53-60(70)76-63-62(72)61(71)59(54-67)75-65(63)74-55-56(57(68)51-48-45-42-39-36-24-21-18-15-12-9-6-3)66-64(73)58(69)52-49-46-43-40-37-34-26-23-20-17-14-11-8-5-2/h8,11,14,17,20,23,26,34,37,40,48,51,56-59,61-63,65,67-69,71-72H,4-7,9-10,12-13,15-16,18-19,21-22,24-25,27-33,35-36,38-39,41-47,49-50,52-55H2,1-3H3,(H,66,73)/b11-8+,17-14+,23-20-,34-26-,40-37+,51-48+. The highest BCUT2D eigenvalue weighted by molar-refractivity contribution is 5.80. The second-order valence-electron chi connectivity index (χ2n) is 21.5. The van der Waals surface area contributed by atoms with E-state index in [0.29, 0.717) is 12.8 Å². The molecular formula is C65H115NO10. The Morgan fingerprint density at radius 2 is 0.947 bits per heavy atom. The summed E-state index contributed by atoms with van der Waals surface area (Å²) >= 11 is 0. The Bertz CT molecular complexity index is 1510. The van der Waals surface area contributed by atoms with Gasteiger partial charge in [-0.25, -0.2) is 0 Å². The Hall–Kier alpha value is -2.90. The first-order valence-electron chi connectivity index (χ1n) is 31.3. The lowest BCUT2D eigenvalue weighted by molar-refractivity contribution is -0.305. The van der Waals surface area contributed by atoms with Crippen molar-refractivity contribution in [3.8, 4) is 0 Å². The third kappa shape index (κ3) is 40.3. The van der Waals surface area contributed by atoms with Crippen LogP contribution in [0, 0.1) is 0 Å². The van der Waals surface area contributed by atoms with Crippen LogP contribution in [0.1, 0.15) is 265 Å². The Morgan fingerprint density at radius 3 is 1.42 bits per heavy atom. The van der Waals surface area contributed by atoms with Crippen molar-refractivity contribution in [3.05, 3.63) is 72.9 Å². The third-order valence-electron chi connectivity index (χ3n) is 14.5. The lowest BCUT2D eigenvalue weighted by Gasteiger charge is -2.41. The average molecular weight is 1070 g/mol. The first-order chi connectivity index (χ1) is 37.2. The maximum atomic E-state index is 13.4. The van der Waals surface area contributed by atoms with E-state index in [4.69, 9.17) is 14.2 Å². The Balaban J connectivity index is 2.66. The predicted molar refractivity (Wildman–Crippen MR) is 315 cm³/mol. The molecule has 1 heterocycles. The van der Waals surface area contributed by atoms with Crippen molar-refractivity contribution in [2.24, 2.45) is 0 Å². The number of rotatable bonds is 52. The molecule has 0 saturated carbocycles. The second kappa shape index (κ2) is 52.8. The fourth-order valence-electron chi connectivity index (χ4n) is 9.56. The molecule has 1 aliphatic heterocycles. The molecule has 1 fully saturated rings. The minimum absolute atomic E-state index is 0.119. The van der Waals surface area contributed by atoms with Crippen molar-refractivity contribution in [1.82, 2.24) is 5.32 Å². The molecule has 1 aliphatic rings. The third-order valence-corrected chi connectivity index (χ3v) is 14.5. The summed E-state index contributed by atoms with van der Waals surface area (Å²) in [5.74, 6) is -1.23. The van der Waals surface area contributed by atoms with E-state index < -0.39 is 67.4 Å². The topological polar surface area (TPSA) is 175 Å². The SMILES string of the molecule is CC/C=C/C=C/C=C\C=C/C=C/CCCCC(O)C(=O)NC(COC1OC(CO)C(O)C(O)C1OC(=O)CCCCCCCCCCCCCCCCCCCCCCC)C(O)/C=C/CCCCCCCCCCCC. The maximum absolute atomic E-state index is 13.4. The number of allylic oxidation sites excluding steroid dienone is 11. The van der Waals surface area contributed by atoms with Gasteiger partial charge in [-0.05, 0) is 44.9 Å². The van der Waals surface area contributed by atoms with Crippen molar-refractivity contribution in [2.45, 2.75) is 314 Å². The Morgan fingerprint density at radius 1 is 0.526 bits per heavy atom. The van der Waals surface area contributed by atoms with Crippen molar-refractivity contribution in [2.75, 3.05) is 13.2 Å². The monoisotopic (exact) mass is 1070 g/mol. The van der Waals surface area contributed by atoms with Gasteiger partial charge in [0.1, 0.15) is 24.4 Å². The van der Waals surface area contributed by atoms with E-state index in [0.717, 1.165) is 64.2 Å². The molecular weight excluding hydrogens is 955 g/mol. The highest BCUT2D eigenvalue weighted by atomic mass is 16.7. The molecule has 0 aromatic heterocycles. The largest absolute Gasteiger partial charge is 0.454 e. The van der Waals surface area contributed by atoms with Crippen LogP contribution in [0.4, 0.5) is 0 Å².